The number of allylic oxidation sites excluding steroid dienone is 1. The third kappa shape index (κ3) is 6.14. The van der Waals surface area contributed by atoms with E-state index < -0.39 is 11.1 Å². The van der Waals surface area contributed by atoms with Crippen LogP contribution in [-0.4, -0.2) is 59.8 Å². The molecule has 0 aromatic carbocycles. The fourth-order valence-corrected chi connectivity index (χ4v) is 4.21. The number of ketones is 2. The molecule has 2 N–H and O–H groups in total. The number of rotatable bonds is 4. The van der Waals surface area contributed by atoms with E-state index in [4.69, 9.17) is 0 Å². The van der Waals surface area contributed by atoms with Crippen molar-refractivity contribution >= 4 is 25.1 Å². The first kappa shape index (κ1) is 24.3. The van der Waals surface area contributed by atoms with Gasteiger partial charge in [0.1, 0.15) is 5.54 Å². The van der Waals surface area contributed by atoms with E-state index in [-0.39, 0.29) is 43.6 Å². The van der Waals surface area contributed by atoms with Crippen LogP contribution in [-0.2, 0) is 9.59 Å². The molecule has 1 saturated heterocycles. The van der Waals surface area contributed by atoms with E-state index in [0.29, 0.717) is 13.1 Å². The van der Waals surface area contributed by atoms with E-state index in [0.717, 1.165) is 32.2 Å². The van der Waals surface area contributed by atoms with Crippen molar-refractivity contribution in [3.05, 3.63) is 12.2 Å². The van der Waals surface area contributed by atoms with Crippen molar-refractivity contribution in [3.8, 4) is 0 Å². The Labute approximate surface area is 172 Å². The Morgan fingerprint density at radius 1 is 1.19 bits per heavy atom. The Morgan fingerprint density at radius 3 is 2.44 bits per heavy atom. The molecule has 5 nitrogen and oxygen atoms in total. The molecule has 1 fully saturated rings. The average molecular weight is 398 g/mol. The highest BCUT2D eigenvalue weighted by molar-refractivity contribution is 7.59. The summed E-state index contributed by atoms with van der Waals surface area (Å²) in [5, 5.41) is 6.85. The van der Waals surface area contributed by atoms with Crippen LogP contribution in [0.5, 0.6) is 0 Å². The molecule has 2 bridgehead atoms. The second kappa shape index (κ2) is 10.2. The van der Waals surface area contributed by atoms with E-state index >= 15 is 0 Å². The molecule has 0 aromatic heterocycles. The molecule has 0 radical (unpaired) electrons. The Kier molecular flexibility index (Phi) is 9.19. The molecule has 0 amide bonds. The molecule has 3 rings (SSSR count). The highest BCUT2D eigenvalue weighted by atomic mass is 32.1. The summed E-state index contributed by atoms with van der Waals surface area (Å²) in [7, 11) is 0. The summed E-state index contributed by atoms with van der Waals surface area (Å²) in [4.78, 5) is 28.2. The van der Waals surface area contributed by atoms with Crippen LogP contribution in [0.25, 0.3) is 0 Å². The van der Waals surface area contributed by atoms with Crippen LogP contribution >= 0.6 is 13.5 Å². The van der Waals surface area contributed by atoms with Gasteiger partial charge in [0.25, 0.3) is 0 Å². The summed E-state index contributed by atoms with van der Waals surface area (Å²) in [6.07, 6.45) is 8.45. The minimum atomic E-state index is -0.569. The number of carbonyl (C=O) groups excluding carboxylic acids is 2. The van der Waals surface area contributed by atoms with Gasteiger partial charge in [0.05, 0.1) is 12.1 Å². The summed E-state index contributed by atoms with van der Waals surface area (Å²) in [6, 6.07) is 0.244. The summed E-state index contributed by atoms with van der Waals surface area (Å²) in [6.45, 7) is 12.6. The van der Waals surface area contributed by atoms with E-state index in [1.807, 2.05) is 20.8 Å². The molecular formula is C21H39N3O2S. The molecule has 6 heteroatoms. The van der Waals surface area contributed by atoms with Crippen molar-refractivity contribution in [2.24, 2.45) is 5.92 Å². The van der Waals surface area contributed by atoms with Gasteiger partial charge in [-0.3, -0.25) is 19.8 Å². The molecule has 3 aliphatic rings. The number of Topliss-reactive ketones (excluding diaryl/α,β-unsaturated/α-hetero) is 2. The third-order valence-electron chi connectivity index (χ3n) is 5.62. The van der Waals surface area contributed by atoms with Gasteiger partial charge >= 0.3 is 0 Å². The molecule has 27 heavy (non-hydrogen) atoms. The quantitative estimate of drug-likeness (QED) is 0.714. The van der Waals surface area contributed by atoms with Gasteiger partial charge in [0, 0.05) is 31.6 Å². The third-order valence-corrected chi connectivity index (χ3v) is 5.62. The number of hydrogen-bond acceptors (Lipinski definition) is 5. The van der Waals surface area contributed by atoms with Crippen molar-refractivity contribution in [1.29, 1.82) is 0 Å². The summed E-state index contributed by atoms with van der Waals surface area (Å²) >= 11 is 0. The summed E-state index contributed by atoms with van der Waals surface area (Å²) in [5.74, 6) is 0.346. The predicted molar refractivity (Wildman–Crippen MR) is 117 cm³/mol. The van der Waals surface area contributed by atoms with E-state index in [1.165, 1.54) is 0 Å². The van der Waals surface area contributed by atoms with Gasteiger partial charge in [0.15, 0.2) is 11.6 Å². The molecule has 3 heterocycles. The molecule has 1 atom stereocenters. The molecule has 0 saturated carbocycles. The van der Waals surface area contributed by atoms with Gasteiger partial charge in [-0.15, -0.1) is 0 Å². The first-order chi connectivity index (χ1) is 12.2. The van der Waals surface area contributed by atoms with Crippen LogP contribution in [0.3, 0.4) is 0 Å². The topological polar surface area (TPSA) is 61.4 Å². The first-order valence-corrected chi connectivity index (χ1v) is 10.2. The van der Waals surface area contributed by atoms with E-state index in [2.05, 4.69) is 41.5 Å². The van der Waals surface area contributed by atoms with Crippen molar-refractivity contribution in [3.63, 3.8) is 0 Å². The van der Waals surface area contributed by atoms with Crippen LogP contribution in [0.15, 0.2) is 12.2 Å². The monoisotopic (exact) mass is 397 g/mol. The fourth-order valence-electron chi connectivity index (χ4n) is 4.21. The average Bonchev–Trinajstić information content (AvgIpc) is 2.52. The largest absolute Gasteiger partial charge is 0.303 e. The second-order valence-corrected chi connectivity index (χ2v) is 8.90. The number of nitrogens with zero attached hydrogens (tertiary/aromatic N) is 1. The lowest BCUT2D eigenvalue weighted by Gasteiger charge is -2.50. The standard InChI is InChI=1S/C21H37N3O2.H2S/c1-16(2)19(26)21-14-24(15-21)12-10-8-6-7-9-11-20(5,23-17(3)4)18(25)13-22-21;/h8,10,16-17,22-23H,6-7,9,11-15H2,1-5H3;1H2/t20-;/m0./s1. The van der Waals surface area contributed by atoms with Crippen LogP contribution in [0.4, 0.5) is 0 Å². The fraction of sp³-hybridized carbons (Fsp3) is 0.810. The Balaban J connectivity index is 0.00000364. The van der Waals surface area contributed by atoms with E-state index in [9.17, 15) is 9.59 Å². The Bertz CT molecular complexity index is 542. The SMILES string of the molecule is CC(C)N[C@@]1(C)CCCCC=CCN2CC(C(=O)C(C)C)(C2)NCC1=O.S. The zero-order valence-corrected chi connectivity index (χ0v) is 18.7. The van der Waals surface area contributed by atoms with Gasteiger partial charge in [-0.2, -0.15) is 13.5 Å². The highest BCUT2D eigenvalue weighted by Crippen LogP contribution is 2.26. The lowest BCUT2D eigenvalue weighted by Crippen LogP contribution is -2.74. The number of hydrogen-bond donors (Lipinski definition) is 2. The molecule has 0 spiro atoms. The van der Waals surface area contributed by atoms with Crippen molar-refractivity contribution in [2.45, 2.75) is 77.4 Å². The molecular weight excluding hydrogens is 358 g/mol. The first-order valence-electron chi connectivity index (χ1n) is 10.2. The lowest BCUT2D eigenvalue weighted by atomic mass is 9.79. The van der Waals surface area contributed by atoms with Crippen LogP contribution in [0.1, 0.15) is 60.3 Å². The Hall–Kier alpha value is -0.690. The Morgan fingerprint density at radius 2 is 1.85 bits per heavy atom. The van der Waals surface area contributed by atoms with Gasteiger partial charge in [-0.1, -0.05) is 32.4 Å². The van der Waals surface area contributed by atoms with Crippen LogP contribution < -0.4 is 10.6 Å². The molecule has 0 unspecified atom stereocenters. The number of fused-ring (bicyclic) bond motifs is 9. The zero-order chi connectivity index (χ0) is 19.4. The van der Waals surface area contributed by atoms with Gasteiger partial charge in [0.2, 0.25) is 0 Å². The summed E-state index contributed by atoms with van der Waals surface area (Å²) < 4.78 is 0. The van der Waals surface area contributed by atoms with Gasteiger partial charge in [-0.05, 0) is 40.0 Å². The lowest BCUT2D eigenvalue weighted by molar-refractivity contribution is -0.136. The minimum Gasteiger partial charge on any atom is -0.303 e. The molecule has 0 aliphatic carbocycles. The molecule has 156 valence electrons. The van der Waals surface area contributed by atoms with Crippen molar-refractivity contribution < 1.29 is 9.59 Å². The van der Waals surface area contributed by atoms with E-state index in [1.54, 1.807) is 0 Å². The van der Waals surface area contributed by atoms with Gasteiger partial charge < -0.3 is 5.32 Å². The predicted octanol–water partition coefficient (Wildman–Crippen LogP) is 2.42. The normalized spacial score (nSPS) is 32.6. The molecule has 0 aromatic rings. The van der Waals surface area contributed by atoms with Crippen molar-refractivity contribution in [2.75, 3.05) is 26.2 Å². The van der Waals surface area contributed by atoms with Gasteiger partial charge in [-0.25, -0.2) is 0 Å². The number of nitrogens with one attached hydrogen (secondary N) is 2. The maximum Gasteiger partial charge on any atom is 0.166 e. The molecule has 3 aliphatic heterocycles. The maximum atomic E-state index is 13.1. The minimum absolute atomic E-state index is 0. The zero-order valence-electron chi connectivity index (χ0n) is 17.7. The van der Waals surface area contributed by atoms with Crippen LogP contribution in [0.2, 0.25) is 0 Å². The smallest absolute Gasteiger partial charge is 0.166 e. The number of carbonyl (C=O) groups is 2. The highest BCUT2D eigenvalue weighted by Gasteiger charge is 2.49. The second-order valence-electron chi connectivity index (χ2n) is 8.90. The van der Waals surface area contributed by atoms with Crippen molar-refractivity contribution in [1.82, 2.24) is 15.5 Å². The van der Waals surface area contributed by atoms with Crippen LogP contribution in [0, 0.1) is 5.92 Å². The maximum absolute atomic E-state index is 13.1. The summed E-state index contributed by atoms with van der Waals surface area (Å²) in [5.41, 5.74) is -1.11.